The predicted octanol–water partition coefficient (Wildman–Crippen LogP) is 6.53. The summed E-state index contributed by atoms with van der Waals surface area (Å²) in [5.74, 6) is 0.0210. The quantitative estimate of drug-likeness (QED) is 0.141. The number of alkyl carbamates (subject to hydrolysis) is 1. The number of unbranched alkanes of at least 4 members (excludes halogenated alkanes) is 1. The van der Waals surface area contributed by atoms with Gasteiger partial charge in [0.05, 0.1) is 25.3 Å². The average molecular weight is 725 g/mol. The number of rotatable bonds is 14. The molecular formula is C38H52N4O8S. The first-order valence-electron chi connectivity index (χ1n) is 17.8. The number of nitrogens with zero attached hydrogens (tertiary/aromatic N) is 2. The second-order valence-electron chi connectivity index (χ2n) is 14.8. The van der Waals surface area contributed by atoms with Crippen molar-refractivity contribution >= 4 is 39.1 Å². The minimum Gasteiger partial charge on any atom is -0.497 e. The number of fused-ring (bicyclic) bond motifs is 1. The van der Waals surface area contributed by atoms with E-state index >= 15 is 0 Å². The number of aromatic nitrogens is 1. The van der Waals surface area contributed by atoms with E-state index in [0.29, 0.717) is 44.7 Å². The van der Waals surface area contributed by atoms with Gasteiger partial charge < -0.3 is 24.1 Å². The average Bonchev–Trinajstić information content (AvgIpc) is 3.82. The van der Waals surface area contributed by atoms with Crippen molar-refractivity contribution in [3.63, 3.8) is 0 Å². The van der Waals surface area contributed by atoms with Crippen molar-refractivity contribution in [2.45, 2.75) is 96.6 Å². The van der Waals surface area contributed by atoms with Crippen LogP contribution in [0.3, 0.4) is 0 Å². The maximum Gasteiger partial charge on any atom is 0.407 e. The zero-order valence-electron chi connectivity index (χ0n) is 30.7. The molecule has 13 heteroatoms. The number of esters is 1. The largest absolute Gasteiger partial charge is 0.497 e. The monoisotopic (exact) mass is 724 g/mol. The first kappa shape index (κ1) is 38.1. The molecule has 0 spiro atoms. The molecule has 2 saturated carbocycles. The summed E-state index contributed by atoms with van der Waals surface area (Å²) >= 11 is 0. The highest BCUT2D eigenvalue weighted by Crippen LogP contribution is 2.51. The minimum atomic E-state index is -4.16. The molecule has 0 aliphatic heterocycles. The van der Waals surface area contributed by atoms with Crippen LogP contribution in [-0.2, 0) is 31.0 Å². The van der Waals surface area contributed by atoms with E-state index in [-0.39, 0.29) is 18.1 Å². The van der Waals surface area contributed by atoms with Crippen molar-refractivity contribution in [3.05, 3.63) is 53.6 Å². The molecule has 278 valence electrons. The van der Waals surface area contributed by atoms with Gasteiger partial charge >= 0.3 is 22.3 Å². The molecular weight excluding hydrogens is 673 g/mol. The number of hydrogen-bond acceptors (Lipinski definition) is 8. The van der Waals surface area contributed by atoms with Gasteiger partial charge in [0.25, 0.3) is 5.91 Å². The molecule has 5 rings (SSSR count). The van der Waals surface area contributed by atoms with Crippen LogP contribution in [0.5, 0.6) is 5.75 Å². The number of ether oxygens (including phenoxy) is 3. The lowest BCUT2D eigenvalue weighted by atomic mass is 9.81. The van der Waals surface area contributed by atoms with E-state index in [4.69, 9.17) is 14.2 Å². The summed E-state index contributed by atoms with van der Waals surface area (Å²) in [5, 5.41) is 3.65. The summed E-state index contributed by atoms with van der Waals surface area (Å²) < 4.78 is 47.8. The van der Waals surface area contributed by atoms with Crippen LogP contribution in [-0.4, -0.2) is 75.2 Å². The molecule has 2 aliphatic rings. The van der Waals surface area contributed by atoms with Gasteiger partial charge in [0.1, 0.15) is 11.4 Å². The van der Waals surface area contributed by atoms with Gasteiger partial charge in [-0.2, -0.15) is 12.7 Å². The summed E-state index contributed by atoms with van der Waals surface area (Å²) in [4.78, 5) is 38.5. The van der Waals surface area contributed by atoms with Crippen LogP contribution in [0.25, 0.3) is 22.2 Å². The van der Waals surface area contributed by atoms with Crippen LogP contribution in [0.1, 0.15) is 100 Å². The highest BCUT2D eigenvalue weighted by atomic mass is 32.2. The third kappa shape index (κ3) is 9.04. The molecule has 1 heterocycles. The van der Waals surface area contributed by atoms with E-state index < -0.39 is 33.2 Å². The van der Waals surface area contributed by atoms with Gasteiger partial charge in [-0.15, -0.1) is 0 Å². The Balaban J connectivity index is 1.43. The lowest BCUT2D eigenvalue weighted by Crippen LogP contribution is -2.42. The molecule has 0 atom stereocenters. The van der Waals surface area contributed by atoms with E-state index in [9.17, 15) is 22.8 Å². The molecule has 0 radical (unpaired) electrons. The Morgan fingerprint density at radius 1 is 0.980 bits per heavy atom. The van der Waals surface area contributed by atoms with Gasteiger partial charge in [-0.3, -0.25) is 9.59 Å². The van der Waals surface area contributed by atoms with E-state index in [1.165, 1.54) is 26.1 Å². The Bertz CT molecular complexity index is 1840. The Morgan fingerprint density at radius 2 is 1.67 bits per heavy atom. The molecule has 0 saturated heterocycles. The van der Waals surface area contributed by atoms with Crippen LogP contribution >= 0.6 is 0 Å². The Kier molecular flexibility index (Phi) is 11.7. The lowest BCUT2D eigenvalue weighted by molar-refractivity contribution is -0.147. The molecule has 1 aromatic heterocycles. The topological polar surface area (TPSA) is 145 Å². The molecule has 0 unspecified atom stereocenters. The van der Waals surface area contributed by atoms with Gasteiger partial charge in [0.2, 0.25) is 0 Å². The zero-order valence-corrected chi connectivity index (χ0v) is 31.5. The van der Waals surface area contributed by atoms with Gasteiger partial charge in [0, 0.05) is 43.1 Å². The minimum absolute atomic E-state index is 0.145. The Hall–Kier alpha value is -4.10. The summed E-state index contributed by atoms with van der Waals surface area (Å²) in [6.45, 7) is 6.18. The maximum atomic E-state index is 13.6. The summed E-state index contributed by atoms with van der Waals surface area (Å²) in [6.07, 6.45) is 7.35. The second-order valence-corrected chi connectivity index (χ2v) is 16.6. The SMILES string of the molecule is COC(=O)C1(Cn2c(-c3ccc(OC)cc3)c(C3CCCCC3)c3ccc(C(=O)NS(=O)(=O)N(C)CCCCNC(=O)OC(C)(C)C)cc32)CC1. The van der Waals surface area contributed by atoms with Gasteiger partial charge in [-0.05, 0) is 113 Å². The molecule has 2 fully saturated rings. The fourth-order valence-electron chi connectivity index (χ4n) is 6.98. The standard InChI is InChI=1S/C38H52N4O8S/c1-37(2,3)50-36(45)39-22-10-11-23-41(4)51(46,47)40-34(43)28-16-19-30-31(24-28)42(25-38(20-21-38)35(44)49-6)33(27-14-17-29(48-5)18-15-27)32(30)26-12-8-7-9-13-26/h14-19,24,26H,7-13,20-23,25H2,1-6H3,(H,39,45)(H,40,43). The van der Waals surface area contributed by atoms with Gasteiger partial charge in [0.15, 0.2) is 0 Å². The summed E-state index contributed by atoms with van der Waals surface area (Å²) in [6, 6.07) is 13.2. The highest BCUT2D eigenvalue weighted by molar-refractivity contribution is 7.87. The fraction of sp³-hybridized carbons (Fsp3) is 0.553. The fourth-order valence-corrected chi connectivity index (χ4v) is 7.86. The molecule has 51 heavy (non-hydrogen) atoms. The molecule has 2 aliphatic carbocycles. The van der Waals surface area contributed by atoms with Crippen molar-refractivity contribution in [1.82, 2.24) is 18.9 Å². The van der Waals surface area contributed by atoms with Crippen molar-refractivity contribution in [3.8, 4) is 17.0 Å². The third-order valence-electron chi connectivity index (χ3n) is 9.88. The molecule has 0 bridgehead atoms. The Labute approximate surface area is 301 Å². The van der Waals surface area contributed by atoms with E-state index in [1.807, 2.05) is 30.3 Å². The first-order valence-corrected chi connectivity index (χ1v) is 19.3. The Morgan fingerprint density at radius 3 is 2.27 bits per heavy atom. The second kappa shape index (κ2) is 15.6. The molecule has 2 N–H and O–H groups in total. The third-order valence-corrected chi connectivity index (χ3v) is 11.3. The van der Waals surface area contributed by atoms with Crippen molar-refractivity contribution < 1.29 is 37.0 Å². The van der Waals surface area contributed by atoms with Crippen LogP contribution in [0, 0.1) is 5.41 Å². The van der Waals surface area contributed by atoms with E-state index in [2.05, 4.69) is 14.6 Å². The normalized spacial score (nSPS) is 16.1. The number of benzene rings is 2. The van der Waals surface area contributed by atoms with Crippen molar-refractivity contribution in [1.29, 1.82) is 0 Å². The van der Waals surface area contributed by atoms with Gasteiger partial charge in [-0.1, -0.05) is 25.3 Å². The van der Waals surface area contributed by atoms with Crippen LogP contribution < -0.4 is 14.8 Å². The summed E-state index contributed by atoms with van der Waals surface area (Å²) in [5.41, 5.74) is 2.86. The number of nitrogens with one attached hydrogen (secondary N) is 2. The molecule has 3 aromatic rings. The van der Waals surface area contributed by atoms with Crippen molar-refractivity contribution in [2.24, 2.45) is 5.41 Å². The number of amides is 2. The number of methoxy groups -OCH3 is 2. The molecule has 2 amide bonds. The van der Waals surface area contributed by atoms with Crippen molar-refractivity contribution in [2.75, 3.05) is 34.4 Å². The maximum absolute atomic E-state index is 13.6. The number of carbonyl (C=O) groups excluding carboxylic acids is 3. The van der Waals surface area contributed by atoms with Crippen LogP contribution in [0.4, 0.5) is 4.79 Å². The number of hydrogen-bond donors (Lipinski definition) is 2. The first-order chi connectivity index (χ1) is 24.2. The zero-order chi connectivity index (χ0) is 37.0. The van der Waals surface area contributed by atoms with Crippen LogP contribution in [0.2, 0.25) is 0 Å². The van der Waals surface area contributed by atoms with E-state index in [1.54, 1.807) is 40.0 Å². The van der Waals surface area contributed by atoms with E-state index in [0.717, 1.165) is 57.9 Å². The number of carbonyl (C=O) groups is 3. The highest BCUT2D eigenvalue weighted by Gasteiger charge is 2.52. The predicted molar refractivity (Wildman–Crippen MR) is 196 cm³/mol. The summed E-state index contributed by atoms with van der Waals surface area (Å²) in [7, 11) is 0.288. The smallest absolute Gasteiger partial charge is 0.407 e. The van der Waals surface area contributed by atoms with Gasteiger partial charge in [-0.25, -0.2) is 9.52 Å². The lowest BCUT2D eigenvalue weighted by Gasteiger charge is -2.24. The van der Waals surface area contributed by atoms with Crippen LogP contribution in [0.15, 0.2) is 42.5 Å². The molecule has 12 nitrogen and oxygen atoms in total. The molecule has 2 aromatic carbocycles.